The predicted octanol–water partition coefficient (Wildman–Crippen LogP) is 5.96. The summed E-state index contributed by atoms with van der Waals surface area (Å²) in [4.78, 5) is 14.8. The van der Waals surface area contributed by atoms with E-state index in [1.54, 1.807) is 0 Å². The number of carbonyl (C=O) groups excluding carboxylic acids is 1. The van der Waals surface area contributed by atoms with Gasteiger partial charge in [0.1, 0.15) is 11.8 Å². The minimum atomic E-state index is -0.492. The third kappa shape index (κ3) is 5.29. The van der Waals surface area contributed by atoms with Crippen molar-refractivity contribution in [2.75, 3.05) is 13.2 Å². The van der Waals surface area contributed by atoms with Crippen molar-refractivity contribution in [3.05, 3.63) is 42.2 Å². The van der Waals surface area contributed by atoms with E-state index in [0.717, 1.165) is 55.5 Å². The number of rotatable bonds is 3. The van der Waals surface area contributed by atoms with E-state index in [2.05, 4.69) is 42.5 Å². The van der Waals surface area contributed by atoms with Gasteiger partial charge in [0, 0.05) is 24.9 Å². The Morgan fingerprint density at radius 1 is 1.10 bits per heavy atom. The molecule has 3 atom stereocenters. The number of hydrogen-bond donors (Lipinski definition) is 0. The molecule has 2 unspecified atom stereocenters. The molecular weight excluding hydrogens is 390 g/mol. The van der Waals surface area contributed by atoms with E-state index < -0.39 is 5.60 Å². The van der Waals surface area contributed by atoms with Crippen molar-refractivity contribution < 1.29 is 14.3 Å². The van der Waals surface area contributed by atoms with Crippen molar-refractivity contribution in [2.45, 2.75) is 77.7 Å². The Hall–Kier alpha value is -2.34. The molecule has 2 fully saturated rings. The van der Waals surface area contributed by atoms with Gasteiger partial charge in [0.05, 0.1) is 12.2 Å². The highest BCUT2D eigenvalue weighted by Gasteiger charge is 2.33. The fraction of sp³-hybridized carbons (Fsp3) is 0.600. The van der Waals surface area contributed by atoms with Crippen molar-refractivity contribution in [3.63, 3.8) is 0 Å². The first kappa shape index (κ1) is 21.9. The fourth-order valence-corrected chi connectivity index (χ4v) is 4.50. The number of likely N-dealkylation sites (tertiary alicyclic amines) is 1. The highest BCUT2D eigenvalue weighted by Crippen LogP contribution is 2.35. The van der Waals surface area contributed by atoms with Gasteiger partial charge in [0.25, 0.3) is 0 Å². The monoisotopic (exact) mass is 425 g/mol. The Bertz CT molecular complexity index is 878. The maximum absolute atomic E-state index is 12.9. The SMILES string of the molecule is CC1CC[C@H](c2ccc(-c3cnn(C4CCCCO4)c3)cc2)N(C(=O)OC(C)(C)C)C1. The van der Waals surface area contributed by atoms with Crippen molar-refractivity contribution in [1.29, 1.82) is 0 Å². The van der Waals surface area contributed by atoms with Crippen LogP contribution in [0.3, 0.4) is 0 Å². The second kappa shape index (κ2) is 9.03. The first-order valence-corrected chi connectivity index (χ1v) is 11.6. The van der Waals surface area contributed by atoms with Crippen LogP contribution in [0.15, 0.2) is 36.7 Å². The first-order valence-electron chi connectivity index (χ1n) is 11.6. The molecule has 6 nitrogen and oxygen atoms in total. The van der Waals surface area contributed by atoms with Crippen LogP contribution < -0.4 is 0 Å². The van der Waals surface area contributed by atoms with E-state index in [1.807, 2.05) is 36.5 Å². The molecule has 2 aliphatic rings. The molecule has 6 heteroatoms. The van der Waals surface area contributed by atoms with Crippen LogP contribution in [0, 0.1) is 5.92 Å². The number of carbonyl (C=O) groups is 1. The lowest BCUT2D eigenvalue weighted by atomic mass is 9.89. The molecule has 3 heterocycles. The summed E-state index contributed by atoms with van der Waals surface area (Å²) in [7, 11) is 0. The standard InChI is InChI=1S/C25H35N3O3/c1-18-8-13-22(27(16-18)24(29)31-25(2,3)4)20-11-9-19(10-12-20)21-15-26-28(17-21)23-7-5-6-14-30-23/h9-12,15,17-18,22-23H,5-8,13-14,16H2,1-4H3/t18?,22-,23?/m1/s1. The lowest BCUT2D eigenvalue weighted by molar-refractivity contribution is -0.0394. The summed E-state index contributed by atoms with van der Waals surface area (Å²) >= 11 is 0. The quantitative estimate of drug-likeness (QED) is 0.609. The third-order valence-corrected chi connectivity index (χ3v) is 6.13. The van der Waals surface area contributed by atoms with Crippen molar-refractivity contribution in [1.82, 2.24) is 14.7 Å². The Morgan fingerprint density at radius 2 is 1.87 bits per heavy atom. The van der Waals surface area contributed by atoms with Crippen LogP contribution in [-0.4, -0.2) is 39.5 Å². The van der Waals surface area contributed by atoms with Crippen LogP contribution in [0.25, 0.3) is 11.1 Å². The number of ether oxygens (including phenoxy) is 2. The smallest absolute Gasteiger partial charge is 0.410 e. The Kier molecular flexibility index (Phi) is 6.37. The largest absolute Gasteiger partial charge is 0.444 e. The van der Waals surface area contributed by atoms with Gasteiger partial charge < -0.3 is 14.4 Å². The van der Waals surface area contributed by atoms with Gasteiger partial charge >= 0.3 is 6.09 Å². The molecule has 0 bridgehead atoms. The molecule has 0 radical (unpaired) electrons. The molecular formula is C25H35N3O3. The third-order valence-electron chi connectivity index (χ3n) is 6.13. The lowest BCUT2D eigenvalue weighted by Crippen LogP contribution is -2.44. The van der Waals surface area contributed by atoms with Crippen LogP contribution in [0.4, 0.5) is 4.79 Å². The van der Waals surface area contributed by atoms with Gasteiger partial charge in [-0.05, 0) is 69.9 Å². The maximum Gasteiger partial charge on any atom is 0.410 e. The Morgan fingerprint density at radius 3 is 2.55 bits per heavy atom. The fourth-order valence-electron chi connectivity index (χ4n) is 4.50. The Balaban J connectivity index is 1.49. The van der Waals surface area contributed by atoms with E-state index in [0.29, 0.717) is 5.92 Å². The van der Waals surface area contributed by atoms with Gasteiger partial charge in [0.2, 0.25) is 0 Å². The zero-order valence-electron chi connectivity index (χ0n) is 19.2. The number of piperidine rings is 1. The minimum absolute atomic E-state index is 0.0494. The van der Waals surface area contributed by atoms with Crippen molar-refractivity contribution in [2.24, 2.45) is 5.92 Å². The van der Waals surface area contributed by atoms with Crippen LogP contribution >= 0.6 is 0 Å². The molecule has 168 valence electrons. The summed E-state index contributed by atoms with van der Waals surface area (Å²) in [5, 5.41) is 4.53. The predicted molar refractivity (Wildman–Crippen MR) is 121 cm³/mol. The zero-order valence-corrected chi connectivity index (χ0v) is 19.2. The van der Waals surface area contributed by atoms with Crippen LogP contribution in [0.1, 0.15) is 77.6 Å². The molecule has 1 aromatic heterocycles. The van der Waals surface area contributed by atoms with Crippen molar-refractivity contribution >= 4 is 6.09 Å². The average molecular weight is 426 g/mol. The summed E-state index contributed by atoms with van der Waals surface area (Å²) in [5.74, 6) is 0.482. The molecule has 2 aliphatic heterocycles. The van der Waals surface area contributed by atoms with E-state index >= 15 is 0 Å². The highest BCUT2D eigenvalue weighted by molar-refractivity contribution is 5.69. The first-order chi connectivity index (χ1) is 14.8. The molecule has 31 heavy (non-hydrogen) atoms. The summed E-state index contributed by atoms with van der Waals surface area (Å²) < 4.78 is 13.5. The molecule has 1 amide bonds. The maximum atomic E-state index is 12.9. The highest BCUT2D eigenvalue weighted by atomic mass is 16.6. The average Bonchev–Trinajstić information content (AvgIpc) is 3.24. The van der Waals surface area contributed by atoms with E-state index in [1.165, 1.54) is 6.42 Å². The zero-order chi connectivity index (χ0) is 22.0. The van der Waals surface area contributed by atoms with Crippen LogP contribution in [0.5, 0.6) is 0 Å². The van der Waals surface area contributed by atoms with Crippen LogP contribution in [-0.2, 0) is 9.47 Å². The van der Waals surface area contributed by atoms with Gasteiger partial charge in [-0.3, -0.25) is 0 Å². The summed E-state index contributed by atoms with van der Waals surface area (Å²) in [6.07, 6.45) is 9.20. The summed E-state index contributed by atoms with van der Waals surface area (Å²) in [6, 6.07) is 8.59. The van der Waals surface area contributed by atoms with Gasteiger partial charge in [-0.25, -0.2) is 9.48 Å². The minimum Gasteiger partial charge on any atom is -0.444 e. The number of benzene rings is 1. The number of nitrogens with zero attached hydrogens (tertiary/aromatic N) is 3. The number of aromatic nitrogens is 2. The lowest BCUT2D eigenvalue weighted by Gasteiger charge is -2.39. The van der Waals surface area contributed by atoms with Gasteiger partial charge in [-0.15, -0.1) is 0 Å². The van der Waals surface area contributed by atoms with E-state index in [-0.39, 0.29) is 18.4 Å². The number of amides is 1. The molecule has 0 N–H and O–H groups in total. The van der Waals surface area contributed by atoms with Crippen molar-refractivity contribution in [3.8, 4) is 11.1 Å². The van der Waals surface area contributed by atoms with E-state index in [9.17, 15) is 4.79 Å². The molecule has 0 spiro atoms. The molecule has 4 rings (SSSR count). The topological polar surface area (TPSA) is 56.6 Å². The van der Waals surface area contributed by atoms with Gasteiger partial charge in [-0.1, -0.05) is 31.2 Å². The van der Waals surface area contributed by atoms with Crippen LogP contribution in [0.2, 0.25) is 0 Å². The summed E-state index contributed by atoms with van der Waals surface area (Å²) in [6.45, 7) is 9.49. The number of hydrogen-bond acceptors (Lipinski definition) is 4. The second-order valence-corrected chi connectivity index (χ2v) is 9.98. The molecule has 2 aromatic rings. The summed E-state index contributed by atoms with van der Waals surface area (Å²) in [5.41, 5.74) is 2.87. The van der Waals surface area contributed by atoms with E-state index in [4.69, 9.17) is 9.47 Å². The molecule has 2 saturated heterocycles. The Labute approximate surface area is 185 Å². The second-order valence-electron chi connectivity index (χ2n) is 9.98. The normalized spacial score (nSPS) is 24.8. The molecule has 0 aliphatic carbocycles. The van der Waals surface area contributed by atoms with Gasteiger partial charge in [-0.2, -0.15) is 5.10 Å². The van der Waals surface area contributed by atoms with Gasteiger partial charge in [0.15, 0.2) is 0 Å². The molecule has 1 aromatic carbocycles. The molecule has 0 saturated carbocycles.